The summed E-state index contributed by atoms with van der Waals surface area (Å²) in [6, 6.07) is 7.45. The Bertz CT molecular complexity index is 497. The van der Waals surface area contributed by atoms with Gasteiger partial charge in [-0.1, -0.05) is 17.3 Å². The van der Waals surface area contributed by atoms with Crippen molar-refractivity contribution in [2.45, 2.75) is 13.5 Å². The molecule has 0 unspecified atom stereocenters. The van der Waals surface area contributed by atoms with E-state index < -0.39 is 0 Å². The Morgan fingerprint density at radius 2 is 2.22 bits per heavy atom. The molecule has 2 rings (SSSR count). The molecule has 1 aromatic carbocycles. The first-order valence-electron chi connectivity index (χ1n) is 5.91. The molecule has 96 valence electrons. The van der Waals surface area contributed by atoms with Gasteiger partial charge in [0.05, 0.1) is 18.4 Å². The lowest BCUT2D eigenvalue weighted by Gasteiger charge is -2.10. The number of rotatable bonds is 6. The molecule has 3 N–H and O–H groups in total. The van der Waals surface area contributed by atoms with Gasteiger partial charge in [-0.2, -0.15) is 0 Å². The minimum absolute atomic E-state index is 0.531. The molecule has 6 nitrogen and oxygen atoms in total. The molecule has 1 heterocycles. The number of benzene rings is 1. The van der Waals surface area contributed by atoms with Crippen LogP contribution in [0.15, 0.2) is 30.5 Å². The Hall–Kier alpha value is -2.24. The van der Waals surface area contributed by atoms with Gasteiger partial charge in [0, 0.05) is 6.54 Å². The van der Waals surface area contributed by atoms with Crippen LogP contribution in [0, 0.1) is 0 Å². The van der Waals surface area contributed by atoms with Crippen molar-refractivity contribution in [3.05, 3.63) is 30.5 Å². The third-order valence-corrected chi connectivity index (χ3v) is 2.50. The van der Waals surface area contributed by atoms with E-state index >= 15 is 0 Å². The molecule has 0 saturated heterocycles. The van der Waals surface area contributed by atoms with Crippen molar-refractivity contribution in [1.82, 2.24) is 15.0 Å². The highest BCUT2D eigenvalue weighted by Gasteiger charge is 2.01. The van der Waals surface area contributed by atoms with Gasteiger partial charge in [-0.05, 0) is 19.1 Å². The number of para-hydroxylation sites is 2. The van der Waals surface area contributed by atoms with E-state index in [0.717, 1.165) is 12.4 Å². The normalized spacial score (nSPS) is 10.3. The number of aromatic nitrogens is 3. The summed E-state index contributed by atoms with van der Waals surface area (Å²) < 4.78 is 7.36. The summed E-state index contributed by atoms with van der Waals surface area (Å²) in [7, 11) is 0. The molecule has 0 aliphatic heterocycles. The fraction of sp³-hybridized carbons (Fsp3) is 0.333. The number of nitrogen functional groups attached to an aromatic ring is 1. The Balaban J connectivity index is 1.78. The number of ether oxygens (including phenoxy) is 1. The molecule has 0 amide bonds. The summed E-state index contributed by atoms with van der Waals surface area (Å²) in [6.45, 7) is 4.00. The summed E-state index contributed by atoms with van der Waals surface area (Å²) in [5, 5.41) is 11.0. The number of hydrogen-bond acceptors (Lipinski definition) is 5. The molecule has 0 atom stereocenters. The van der Waals surface area contributed by atoms with Crippen LogP contribution in [-0.4, -0.2) is 28.1 Å². The zero-order valence-electron chi connectivity index (χ0n) is 10.3. The fourth-order valence-corrected chi connectivity index (χ4v) is 1.58. The van der Waals surface area contributed by atoms with E-state index in [9.17, 15) is 0 Å². The highest BCUT2D eigenvalue weighted by Crippen LogP contribution is 2.19. The van der Waals surface area contributed by atoms with Gasteiger partial charge < -0.3 is 15.8 Å². The molecule has 0 bridgehead atoms. The molecule has 0 aliphatic rings. The Labute approximate surface area is 106 Å². The van der Waals surface area contributed by atoms with Crippen LogP contribution in [0.25, 0.3) is 0 Å². The predicted molar refractivity (Wildman–Crippen MR) is 70.5 cm³/mol. The smallest absolute Gasteiger partial charge is 0.144 e. The van der Waals surface area contributed by atoms with Crippen LogP contribution in [0.5, 0.6) is 5.75 Å². The predicted octanol–water partition coefficient (Wildman–Crippen LogP) is 1.37. The van der Waals surface area contributed by atoms with Crippen LogP contribution < -0.4 is 15.8 Å². The molecular formula is C12H17N5O. The van der Waals surface area contributed by atoms with Crippen molar-refractivity contribution in [1.29, 1.82) is 0 Å². The molecule has 6 heteroatoms. The minimum atomic E-state index is 0.531. The molecule has 0 radical (unpaired) electrons. The zero-order valence-corrected chi connectivity index (χ0v) is 10.3. The third kappa shape index (κ3) is 2.91. The van der Waals surface area contributed by atoms with E-state index in [2.05, 4.69) is 15.6 Å². The number of hydrogen-bond donors (Lipinski definition) is 2. The molecule has 18 heavy (non-hydrogen) atoms. The number of aryl methyl sites for hydroxylation is 1. The maximum Gasteiger partial charge on any atom is 0.144 e. The Morgan fingerprint density at radius 3 is 3.00 bits per heavy atom. The van der Waals surface area contributed by atoms with Crippen LogP contribution >= 0.6 is 0 Å². The van der Waals surface area contributed by atoms with Crippen molar-refractivity contribution < 1.29 is 4.74 Å². The van der Waals surface area contributed by atoms with E-state index in [1.54, 1.807) is 10.9 Å². The van der Waals surface area contributed by atoms with Crippen molar-refractivity contribution in [2.24, 2.45) is 0 Å². The number of anilines is 2. The largest absolute Gasteiger partial charge is 0.490 e. The highest BCUT2D eigenvalue weighted by molar-refractivity contribution is 5.51. The van der Waals surface area contributed by atoms with Crippen LogP contribution in [0.1, 0.15) is 6.92 Å². The first-order chi connectivity index (χ1) is 8.81. The van der Waals surface area contributed by atoms with Gasteiger partial charge in [-0.3, -0.25) is 0 Å². The van der Waals surface area contributed by atoms with Crippen LogP contribution in [0.2, 0.25) is 0 Å². The van der Waals surface area contributed by atoms with Gasteiger partial charge in [-0.25, -0.2) is 4.68 Å². The van der Waals surface area contributed by atoms with Gasteiger partial charge in [0.2, 0.25) is 0 Å². The lowest BCUT2D eigenvalue weighted by atomic mass is 10.3. The second kappa shape index (κ2) is 5.90. The molecular weight excluding hydrogens is 230 g/mol. The summed E-state index contributed by atoms with van der Waals surface area (Å²) in [4.78, 5) is 0. The van der Waals surface area contributed by atoms with Crippen molar-refractivity contribution in [2.75, 3.05) is 24.2 Å². The van der Waals surface area contributed by atoms with Gasteiger partial charge in [-0.15, -0.1) is 5.10 Å². The molecule has 0 aliphatic carbocycles. The summed E-state index contributed by atoms with van der Waals surface area (Å²) in [6.07, 6.45) is 1.69. The highest BCUT2D eigenvalue weighted by atomic mass is 16.5. The zero-order chi connectivity index (χ0) is 12.8. The molecule has 1 aromatic heterocycles. The molecule has 0 spiro atoms. The molecule has 0 fully saturated rings. The van der Waals surface area contributed by atoms with Gasteiger partial charge in [0.25, 0.3) is 0 Å². The maximum absolute atomic E-state index is 5.77. The second-order valence-corrected chi connectivity index (χ2v) is 3.75. The average molecular weight is 247 g/mol. The Morgan fingerprint density at radius 1 is 1.39 bits per heavy atom. The first kappa shape index (κ1) is 12.2. The van der Waals surface area contributed by atoms with Crippen LogP contribution in [0.4, 0.5) is 11.5 Å². The van der Waals surface area contributed by atoms with Crippen LogP contribution in [-0.2, 0) is 6.54 Å². The summed E-state index contributed by atoms with van der Waals surface area (Å²) >= 11 is 0. The Kier molecular flexibility index (Phi) is 4.01. The SMILES string of the molecule is CCn1nncc1NCCOc1ccccc1N. The van der Waals surface area contributed by atoms with E-state index in [-0.39, 0.29) is 0 Å². The van der Waals surface area contributed by atoms with Crippen molar-refractivity contribution in [3.63, 3.8) is 0 Å². The monoisotopic (exact) mass is 247 g/mol. The van der Waals surface area contributed by atoms with Gasteiger partial charge in [0.1, 0.15) is 18.2 Å². The molecule has 2 aromatic rings. The van der Waals surface area contributed by atoms with E-state index in [0.29, 0.717) is 24.6 Å². The maximum atomic E-state index is 5.77. The minimum Gasteiger partial charge on any atom is -0.490 e. The summed E-state index contributed by atoms with van der Waals surface area (Å²) in [5.74, 6) is 1.60. The van der Waals surface area contributed by atoms with Crippen molar-refractivity contribution in [3.8, 4) is 5.75 Å². The lowest BCUT2D eigenvalue weighted by molar-refractivity contribution is 0.334. The van der Waals surface area contributed by atoms with Crippen LogP contribution in [0.3, 0.4) is 0 Å². The second-order valence-electron chi connectivity index (χ2n) is 3.75. The quantitative estimate of drug-likeness (QED) is 0.595. The average Bonchev–Trinajstić information content (AvgIpc) is 2.84. The summed E-state index contributed by atoms with van der Waals surface area (Å²) in [5.41, 5.74) is 6.42. The van der Waals surface area contributed by atoms with E-state index in [1.807, 2.05) is 31.2 Å². The topological polar surface area (TPSA) is 78.0 Å². The van der Waals surface area contributed by atoms with E-state index in [1.165, 1.54) is 0 Å². The van der Waals surface area contributed by atoms with Gasteiger partial charge in [0.15, 0.2) is 0 Å². The first-order valence-corrected chi connectivity index (χ1v) is 5.91. The third-order valence-electron chi connectivity index (χ3n) is 2.50. The number of nitrogens with one attached hydrogen (secondary N) is 1. The number of nitrogens with zero attached hydrogens (tertiary/aromatic N) is 3. The van der Waals surface area contributed by atoms with Crippen molar-refractivity contribution >= 4 is 11.5 Å². The van der Waals surface area contributed by atoms with E-state index in [4.69, 9.17) is 10.5 Å². The molecule has 0 saturated carbocycles. The fourth-order valence-electron chi connectivity index (χ4n) is 1.58. The lowest BCUT2D eigenvalue weighted by Crippen LogP contribution is -2.14. The number of nitrogens with two attached hydrogens (primary N) is 1. The standard InChI is InChI=1S/C12H17N5O/c1-2-17-12(9-15-16-17)14-7-8-18-11-6-4-3-5-10(11)13/h3-6,9,14H,2,7-8,13H2,1H3. The van der Waals surface area contributed by atoms with Gasteiger partial charge >= 0.3 is 0 Å².